The van der Waals surface area contributed by atoms with E-state index in [1.807, 2.05) is 30.6 Å². The molecule has 0 saturated carbocycles. The predicted molar refractivity (Wildman–Crippen MR) is 93.5 cm³/mol. The third-order valence-corrected chi connectivity index (χ3v) is 5.79. The second kappa shape index (κ2) is 5.03. The number of hydrogen-bond donors (Lipinski definition) is 0. The Hall–Kier alpha value is -1.94. The molecule has 0 amide bonds. The van der Waals surface area contributed by atoms with Crippen LogP contribution in [0.5, 0.6) is 5.75 Å². The van der Waals surface area contributed by atoms with Gasteiger partial charge in [-0.2, -0.15) is 0 Å². The molecule has 4 nitrogen and oxygen atoms in total. The Morgan fingerprint density at radius 1 is 1.30 bits per heavy atom. The van der Waals surface area contributed by atoms with Crippen LogP contribution < -0.4 is 4.74 Å². The maximum absolute atomic E-state index is 6.64. The minimum Gasteiger partial charge on any atom is -0.464 e. The van der Waals surface area contributed by atoms with Gasteiger partial charge in [0.1, 0.15) is 11.4 Å². The molecule has 4 heteroatoms. The molecule has 23 heavy (non-hydrogen) atoms. The highest BCUT2D eigenvalue weighted by Gasteiger charge is 2.54. The maximum Gasteiger partial charge on any atom is 0.204 e. The average Bonchev–Trinajstić information content (AvgIpc) is 2.59. The van der Waals surface area contributed by atoms with E-state index in [0.717, 1.165) is 41.7 Å². The fourth-order valence-electron chi connectivity index (χ4n) is 4.08. The molecule has 2 aromatic rings. The largest absolute Gasteiger partial charge is 0.464 e. The second-order valence-corrected chi connectivity index (χ2v) is 6.98. The number of fused-ring (bicyclic) bond motifs is 3. The Bertz CT molecular complexity index is 787. The van der Waals surface area contributed by atoms with E-state index >= 15 is 0 Å². The number of benzene rings is 1. The minimum atomic E-state index is -0.455. The summed E-state index contributed by atoms with van der Waals surface area (Å²) >= 11 is 0. The number of piperidine rings is 1. The van der Waals surface area contributed by atoms with Crippen LogP contribution in [-0.4, -0.2) is 35.4 Å². The van der Waals surface area contributed by atoms with Gasteiger partial charge in [-0.05, 0) is 50.6 Å². The molecular weight excluding hydrogens is 286 g/mol. The third-order valence-electron chi connectivity index (χ3n) is 5.79. The summed E-state index contributed by atoms with van der Waals surface area (Å²) < 4.78 is 6.64. The van der Waals surface area contributed by atoms with E-state index < -0.39 is 5.72 Å². The SMILES string of the molecule is CCC1(C)CCCN(C)C12C=Nc1c(ccc3ncccc13)O2. The molecular formula is C19H23N3O. The third kappa shape index (κ3) is 1.94. The number of ether oxygens (including phenoxy) is 1. The quantitative estimate of drug-likeness (QED) is 0.793. The van der Waals surface area contributed by atoms with Crippen molar-refractivity contribution in [2.45, 2.75) is 38.8 Å². The first-order valence-electron chi connectivity index (χ1n) is 8.43. The lowest BCUT2D eigenvalue weighted by Crippen LogP contribution is -2.66. The van der Waals surface area contributed by atoms with Gasteiger partial charge in [0, 0.05) is 23.5 Å². The van der Waals surface area contributed by atoms with Crippen LogP contribution in [0.2, 0.25) is 0 Å². The van der Waals surface area contributed by atoms with Crippen LogP contribution in [0.3, 0.4) is 0 Å². The van der Waals surface area contributed by atoms with E-state index in [9.17, 15) is 0 Å². The Balaban J connectivity index is 1.87. The van der Waals surface area contributed by atoms with Crippen LogP contribution in [0.1, 0.15) is 33.1 Å². The highest BCUT2D eigenvalue weighted by atomic mass is 16.5. The highest BCUT2D eigenvalue weighted by Crippen LogP contribution is 2.50. The molecule has 1 spiro atoms. The molecule has 1 aromatic carbocycles. The van der Waals surface area contributed by atoms with Gasteiger partial charge in [0.25, 0.3) is 0 Å². The minimum absolute atomic E-state index is 0.0606. The van der Waals surface area contributed by atoms with Gasteiger partial charge in [-0.25, -0.2) is 0 Å². The van der Waals surface area contributed by atoms with Gasteiger partial charge < -0.3 is 4.74 Å². The van der Waals surface area contributed by atoms with Crippen molar-refractivity contribution in [3.8, 4) is 5.75 Å². The zero-order chi connectivity index (χ0) is 16.1. The lowest BCUT2D eigenvalue weighted by atomic mass is 9.70. The summed E-state index contributed by atoms with van der Waals surface area (Å²) in [5, 5.41) is 1.05. The summed E-state index contributed by atoms with van der Waals surface area (Å²) in [6, 6.07) is 8.05. The van der Waals surface area contributed by atoms with Crippen molar-refractivity contribution in [2.24, 2.45) is 10.4 Å². The van der Waals surface area contributed by atoms with Gasteiger partial charge in [-0.1, -0.05) is 13.8 Å². The van der Waals surface area contributed by atoms with E-state index in [1.54, 1.807) is 0 Å². The molecule has 1 fully saturated rings. The molecule has 1 saturated heterocycles. The molecule has 0 radical (unpaired) electrons. The van der Waals surface area contributed by atoms with Crippen molar-refractivity contribution in [1.82, 2.24) is 9.88 Å². The molecule has 2 aliphatic rings. The van der Waals surface area contributed by atoms with Crippen LogP contribution >= 0.6 is 0 Å². The number of likely N-dealkylation sites (tertiary alicyclic amines) is 1. The van der Waals surface area contributed by atoms with E-state index in [-0.39, 0.29) is 5.41 Å². The molecule has 2 unspecified atom stereocenters. The number of pyridine rings is 1. The summed E-state index contributed by atoms with van der Waals surface area (Å²) in [7, 11) is 2.15. The van der Waals surface area contributed by atoms with Crippen LogP contribution in [0.15, 0.2) is 35.5 Å². The summed E-state index contributed by atoms with van der Waals surface area (Å²) in [5.74, 6) is 0.862. The lowest BCUT2D eigenvalue weighted by molar-refractivity contribution is -0.132. The molecule has 2 aliphatic heterocycles. The monoisotopic (exact) mass is 309 g/mol. The Morgan fingerprint density at radius 3 is 3.00 bits per heavy atom. The fraction of sp³-hybridized carbons (Fsp3) is 0.474. The van der Waals surface area contributed by atoms with E-state index in [4.69, 9.17) is 9.73 Å². The molecule has 2 atom stereocenters. The first-order valence-corrected chi connectivity index (χ1v) is 8.43. The summed E-state index contributed by atoms with van der Waals surface area (Å²) in [4.78, 5) is 11.6. The fourth-order valence-corrected chi connectivity index (χ4v) is 4.08. The van der Waals surface area contributed by atoms with Gasteiger partial charge in [0.05, 0.1) is 11.7 Å². The zero-order valence-corrected chi connectivity index (χ0v) is 14.0. The number of hydrogen-bond acceptors (Lipinski definition) is 4. The van der Waals surface area contributed by atoms with Crippen molar-refractivity contribution in [3.63, 3.8) is 0 Å². The number of nitrogens with zero attached hydrogens (tertiary/aromatic N) is 3. The highest BCUT2D eigenvalue weighted by molar-refractivity contribution is 5.96. The molecule has 3 heterocycles. The van der Waals surface area contributed by atoms with Crippen molar-refractivity contribution >= 4 is 22.8 Å². The van der Waals surface area contributed by atoms with Crippen LogP contribution in [0, 0.1) is 5.41 Å². The topological polar surface area (TPSA) is 37.7 Å². The van der Waals surface area contributed by atoms with E-state index in [2.05, 4.69) is 36.8 Å². The van der Waals surface area contributed by atoms with Crippen LogP contribution in [-0.2, 0) is 0 Å². The lowest BCUT2D eigenvalue weighted by Gasteiger charge is -2.55. The smallest absolute Gasteiger partial charge is 0.204 e. The van der Waals surface area contributed by atoms with Gasteiger partial charge >= 0.3 is 0 Å². The first kappa shape index (κ1) is 14.6. The Labute approximate surface area is 137 Å². The zero-order valence-electron chi connectivity index (χ0n) is 14.0. The van der Waals surface area contributed by atoms with Crippen molar-refractivity contribution in [1.29, 1.82) is 0 Å². The second-order valence-electron chi connectivity index (χ2n) is 6.98. The standard InChI is InChI=1S/C19H23N3O/c1-4-18(2)10-6-12-22(3)19(18)13-21-17-14-7-5-11-20-15(14)8-9-16(17)23-19/h5,7-9,11,13H,4,6,10,12H2,1-3H3. The maximum atomic E-state index is 6.64. The van der Waals surface area contributed by atoms with Gasteiger partial charge in [-0.3, -0.25) is 14.9 Å². The number of aromatic nitrogens is 1. The summed E-state index contributed by atoms with van der Waals surface area (Å²) in [6.07, 6.45) is 7.27. The molecule has 4 rings (SSSR count). The number of aliphatic imine (C=N–C) groups is 1. The molecule has 1 aromatic heterocycles. The number of rotatable bonds is 1. The van der Waals surface area contributed by atoms with E-state index in [1.165, 1.54) is 6.42 Å². The van der Waals surface area contributed by atoms with Crippen LogP contribution in [0.25, 0.3) is 10.9 Å². The predicted octanol–water partition coefficient (Wildman–Crippen LogP) is 4.17. The Morgan fingerprint density at radius 2 is 2.17 bits per heavy atom. The summed E-state index contributed by atoms with van der Waals surface area (Å²) in [5.41, 5.74) is 1.46. The van der Waals surface area contributed by atoms with E-state index in [0.29, 0.717) is 0 Å². The van der Waals surface area contributed by atoms with Gasteiger partial charge in [0.15, 0.2) is 0 Å². The molecule has 120 valence electrons. The van der Waals surface area contributed by atoms with Gasteiger partial charge in [0.2, 0.25) is 5.72 Å². The molecule has 0 bridgehead atoms. The first-order chi connectivity index (χ1) is 11.1. The van der Waals surface area contributed by atoms with Crippen molar-refractivity contribution in [3.05, 3.63) is 30.5 Å². The summed E-state index contributed by atoms with van der Waals surface area (Å²) in [6.45, 7) is 5.60. The van der Waals surface area contributed by atoms with Crippen molar-refractivity contribution < 1.29 is 4.74 Å². The van der Waals surface area contributed by atoms with Crippen molar-refractivity contribution in [2.75, 3.05) is 13.6 Å². The average molecular weight is 309 g/mol. The van der Waals surface area contributed by atoms with Gasteiger partial charge in [-0.15, -0.1) is 0 Å². The van der Waals surface area contributed by atoms with Crippen LogP contribution in [0.4, 0.5) is 5.69 Å². The normalized spacial score (nSPS) is 30.4. The molecule has 0 N–H and O–H groups in total. The molecule has 0 aliphatic carbocycles. The Kier molecular flexibility index (Phi) is 3.20.